The van der Waals surface area contributed by atoms with Gasteiger partial charge in [-0.3, -0.25) is 4.68 Å². The molecule has 0 aliphatic carbocycles. The summed E-state index contributed by atoms with van der Waals surface area (Å²) in [5.41, 5.74) is 2.20. The molecule has 1 N–H and O–H groups in total. The van der Waals surface area contributed by atoms with Gasteiger partial charge in [-0.1, -0.05) is 51.1 Å². The highest BCUT2D eigenvalue weighted by Gasteiger charge is 2.18. The first kappa shape index (κ1) is 14.3. The second-order valence-electron chi connectivity index (χ2n) is 6.21. The standard InChI is InChI=1S/C16H20N2O2/c1-16(2,3)10-13-9-14(15(19)20)18(17-13)11-12-7-5-4-6-8-12/h4-9H,10-11H2,1-3H3,(H,19,20). The molecule has 0 spiro atoms. The molecule has 1 heterocycles. The number of benzene rings is 1. The third kappa shape index (κ3) is 3.70. The van der Waals surface area contributed by atoms with E-state index in [1.54, 1.807) is 10.7 Å². The fourth-order valence-corrected chi connectivity index (χ4v) is 2.15. The third-order valence-corrected chi connectivity index (χ3v) is 2.94. The predicted molar refractivity (Wildman–Crippen MR) is 77.9 cm³/mol. The van der Waals surface area contributed by atoms with E-state index >= 15 is 0 Å². The highest BCUT2D eigenvalue weighted by atomic mass is 16.4. The molecule has 106 valence electrons. The monoisotopic (exact) mass is 272 g/mol. The zero-order valence-electron chi connectivity index (χ0n) is 12.1. The molecule has 4 nitrogen and oxygen atoms in total. The van der Waals surface area contributed by atoms with Crippen molar-refractivity contribution in [3.8, 4) is 0 Å². The van der Waals surface area contributed by atoms with E-state index in [1.165, 1.54) is 0 Å². The van der Waals surface area contributed by atoms with Gasteiger partial charge < -0.3 is 5.11 Å². The normalized spacial score (nSPS) is 11.6. The van der Waals surface area contributed by atoms with Crippen molar-refractivity contribution >= 4 is 5.97 Å². The molecule has 2 rings (SSSR count). The Bertz CT molecular complexity index is 595. The van der Waals surface area contributed by atoms with E-state index in [9.17, 15) is 9.90 Å². The minimum absolute atomic E-state index is 0.0850. The van der Waals surface area contributed by atoms with Crippen LogP contribution in [0.3, 0.4) is 0 Å². The molecule has 0 atom stereocenters. The molecular weight excluding hydrogens is 252 g/mol. The number of rotatable bonds is 4. The largest absolute Gasteiger partial charge is 0.477 e. The molecule has 1 aromatic heterocycles. The number of nitrogens with zero attached hydrogens (tertiary/aromatic N) is 2. The van der Waals surface area contributed by atoms with Crippen molar-refractivity contribution in [2.45, 2.75) is 33.7 Å². The fourth-order valence-electron chi connectivity index (χ4n) is 2.15. The van der Waals surface area contributed by atoms with Gasteiger partial charge in [0.15, 0.2) is 0 Å². The molecule has 0 saturated carbocycles. The first-order valence-corrected chi connectivity index (χ1v) is 6.69. The molecule has 20 heavy (non-hydrogen) atoms. The summed E-state index contributed by atoms with van der Waals surface area (Å²) in [5, 5.41) is 13.7. The first-order valence-electron chi connectivity index (χ1n) is 6.69. The van der Waals surface area contributed by atoms with E-state index in [0.717, 1.165) is 17.7 Å². The van der Waals surface area contributed by atoms with Gasteiger partial charge in [0.2, 0.25) is 0 Å². The maximum Gasteiger partial charge on any atom is 0.354 e. The number of carbonyl (C=O) groups is 1. The predicted octanol–water partition coefficient (Wildman–Crippen LogP) is 3.22. The SMILES string of the molecule is CC(C)(C)Cc1cc(C(=O)O)n(Cc2ccccc2)n1. The molecule has 0 saturated heterocycles. The summed E-state index contributed by atoms with van der Waals surface area (Å²) in [4.78, 5) is 11.3. The molecule has 2 aromatic rings. The smallest absolute Gasteiger partial charge is 0.354 e. The van der Waals surface area contributed by atoms with Crippen LogP contribution in [0.15, 0.2) is 36.4 Å². The summed E-state index contributed by atoms with van der Waals surface area (Å²) >= 11 is 0. The lowest BCUT2D eigenvalue weighted by Gasteiger charge is -2.15. The van der Waals surface area contributed by atoms with Crippen LogP contribution in [0, 0.1) is 5.41 Å². The molecular formula is C16H20N2O2. The van der Waals surface area contributed by atoms with Gasteiger partial charge >= 0.3 is 5.97 Å². The Kier molecular flexibility index (Phi) is 3.93. The van der Waals surface area contributed by atoms with Gasteiger partial charge in [0.1, 0.15) is 5.69 Å². The number of hydrogen-bond donors (Lipinski definition) is 1. The Morgan fingerprint density at radius 1 is 1.25 bits per heavy atom. The summed E-state index contributed by atoms with van der Waals surface area (Å²) in [7, 11) is 0. The van der Waals surface area contributed by atoms with E-state index in [2.05, 4.69) is 25.9 Å². The average molecular weight is 272 g/mol. The van der Waals surface area contributed by atoms with Crippen molar-refractivity contribution < 1.29 is 9.90 Å². The Morgan fingerprint density at radius 3 is 2.45 bits per heavy atom. The van der Waals surface area contributed by atoms with Crippen molar-refractivity contribution in [3.63, 3.8) is 0 Å². The molecule has 0 amide bonds. The molecule has 0 aliphatic heterocycles. The minimum Gasteiger partial charge on any atom is -0.477 e. The molecule has 0 unspecified atom stereocenters. The second-order valence-corrected chi connectivity index (χ2v) is 6.21. The maximum absolute atomic E-state index is 11.3. The highest BCUT2D eigenvalue weighted by molar-refractivity contribution is 5.85. The molecule has 0 fully saturated rings. The molecule has 0 radical (unpaired) electrons. The van der Waals surface area contributed by atoms with Crippen LogP contribution >= 0.6 is 0 Å². The summed E-state index contributed by atoms with van der Waals surface area (Å²) in [6.45, 7) is 6.82. The summed E-state index contributed by atoms with van der Waals surface area (Å²) in [6, 6.07) is 11.4. The number of hydrogen-bond acceptors (Lipinski definition) is 2. The second kappa shape index (κ2) is 5.49. The van der Waals surface area contributed by atoms with Crippen molar-refractivity contribution in [2.24, 2.45) is 5.41 Å². The van der Waals surface area contributed by atoms with Crippen molar-refractivity contribution in [3.05, 3.63) is 53.3 Å². The summed E-state index contributed by atoms with van der Waals surface area (Å²) < 4.78 is 1.57. The van der Waals surface area contributed by atoms with Crippen molar-refractivity contribution in [2.75, 3.05) is 0 Å². The fraction of sp³-hybridized carbons (Fsp3) is 0.375. The van der Waals surface area contributed by atoms with Crippen LogP contribution in [-0.2, 0) is 13.0 Å². The Balaban J connectivity index is 2.29. The van der Waals surface area contributed by atoms with Crippen LogP contribution in [-0.4, -0.2) is 20.9 Å². The van der Waals surface area contributed by atoms with E-state index in [1.807, 2.05) is 30.3 Å². The van der Waals surface area contributed by atoms with E-state index in [4.69, 9.17) is 0 Å². The molecule has 1 aromatic carbocycles. The van der Waals surface area contributed by atoms with Gasteiger partial charge in [0.05, 0.1) is 12.2 Å². The molecule has 0 bridgehead atoms. The Hall–Kier alpha value is -2.10. The van der Waals surface area contributed by atoms with Gasteiger partial charge in [0, 0.05) is 0 Å². The van der Waals surface area contributed by atoms with Crippen LogP contribution in [0.5, 0.6) is 0 Å². The van der Waals surface area contributed by atoms with Crippen molar-refractivity contribution in [1.82, 2.24) is 9.78 Å². The van der Waals surface area contributed by atoms with Gasteiger partial charge in [-0.05, 0) is 23.5 Å². The lowest BCUT2D eigenvalue weighted by Crippen LogP contribution is -2.12. The Labute approximate surface area is 119 Å². The van der Waals surface area contributed by atoms with E-state index in [-0.39, 0.29) is 11.1 Å². The maximum atomic E-state index is 11.3. The van der Waals surface area contributed by atoms with E-state index < -0.39 is 5.97 Å². The van der Waals surface area contributed by atoms with Crippen LogP contribution < -0.4 is 0 Å². The molecule has 0 aliphatic rings. The van der Waals surface area contributed by atoms with Crippen LogP contribution in [0.2, 0.25) is 0 Å². The zero-order chi connectivity index (χ0) is 14.8. The number of aromatic carboxylic acids is 1. The number of carboxylic acids is 1. The van der Waals surface area contributed by atoms with Crippen LogP contribution in [0.4, 0.5) is 0 Å². The van der Waals surface area contributed by atoms with Crippen LogP contribution in [0.25, 0.3) is 0 Å². The molecule has 4 heteroatoms. The first-order chi connectivity index (χ1) is 9.35. The third-order valence-electron chi connectivity index (χ3n) is 2.94. The lowest BCUT2D eigenvalue weighted by molar-refractivity contribution is 0.0684. The van der Waals surface area contributed by atoms with Gasteiger partial charge in [-0.2, -0.15) is 5.10 Å². The summed E-state index contributed by atoms with van der Waals surface area (Å²) in [6.07, 6.45) is 0.759. The summed E-state index contributed by atoms with van der Waals surface area (Å²) in [5.74, 6) is -0.936. The Morgan fingerprint density at radius 2 is 1.90 bits per heavy atom. The lowest BCUT2D eigenvalue weighted by atomic mass is 9.90. The minimum atomic E-state index is -0.936. The van der Waals surface area contributed by atoms with Crippen molar-refractivity contribution in [1.29, 1.82) is 0 Å². The topological polar surface area (TPSA) is 55.1 Å². The van der Waals surface area contributed by atoms with Gasteiger partial charge in [-0.25, -0.2) is 4.79 Å². The van der Waals surface area contributed by atoms with E-state index in [0.29, 0.717) is 6.54 Å². The van der Waals surface area contributed by atoms with Crippen LogP contribution in [0.1, 0.15) is 42.5 Å². The number of carboxylic acid groups (broad SMARTS) is 1. The highest BCUT2D eigenvalue weighted by Crippen LogP contribution is 2.20. The zero-order valence-corrected chi connectivity index (χ0v) is 12.1. The van der Waals surface area contributed by atoms with Gasteiger partial charge in [0.25, 0.3) is 0 Å². The van der Waals surface area contributed by atoms with Gasteiger partial charge in [-0.15, -0.1) is 0 Å². The number of aromatic nitrogens is 2. The average Bonchev–Trinajstić information content (AvgIpc) is 2.71. The quantitative estimate of drug-likeness (QED) is 0.929.